The highest BCUT2D eigenvalue weighted by atomic mass is 16.7. The zero-order chi connectivity index (χ0) is 39.3. The van der Waals surface area contributed by atoms with Crippen LogP contribution < -0.4 is 14.9 Å². The van der Waals surface area contributed by atoms with Crippen molar-refractivity contribution in [3.63, 3.8) is 0 Å². The summed E-state index contributed by atoms with van der Waals surface area (Å²) < 4.78 is 39.1. The van der Waals surface area contributed by atoms with Gasteiger partial charge in [-0.3, -0.25) is 4.79 Å². The maximum Gasteiger partial charge on any atom is 0.239 e. The Morgan fingerprint density at radius 1 is 0.630 bits per heavy atom. The molecule has 2 aromatic carbocycles. The Labute approximate surface area is 303 Å². The summed E-state index contributed by atoms with van der Waals surface area (Å²) in [7, 11) is 0. The second-order valence-electron chi connectivity index (χ2n) is 13.1. The summed E-state index contributed by atoms with van der Waals surface area (Å²) in [5, 5.41) is 133. The quantitative estimate of drug-likeness (QED) is 0.0917. The Morgan fingerprint density at radius 3 is 1.87 bits per heavy atom. The van der Waals surface area contributed by atoms with Gasteiger partial charge < -0.3 is 99.2 Å². The lowest BCUT2D eigenvalue weighted by Gasteiger charge is -2.42. The second-order valence-corrected chi connectivity index (χ2v) is 13.1. The van der Waals surface area contributed by atoms with Gasteiger partial charge >= 0.3 is 0 Å². The molecule has 0 spiro atoms. The van der Waals surface area contributed by atoms with Crippen LogP contribution in [0, 0.1) is 0 Å². The first-order valence-corrected chi connectivity index (χ1v) is 16.5. The van der Waals surface area contributed by atoms with Crippen LogP contribution in [-0.2, 0) is 18.9 Å². The monoisotopic (exact) mass is 772 g/mol. The molecule has 54 heavy (non-hydrogen) atoms. The van der Waals surface area contributed by atoms with Crippen molar-refractivity contribution in [1.82, 2.24) is 0 Å². The third kappa shape index (κ3) is 7.39. The Kier molecular flexibility index (Phi) is 11.5. The molecule has 21 heteroatoms. The van der Waals surface area contributed by atoms with Gasteiger partial charge in [0.1, 0.15) is 89.6 Å². The minimum absolute atomic E-state index is 0.122. The largest absolute Gasteiger partial charge is 0.507 e. The fourth-order valence-corrected chi connectivity index (χ4v) is 6.19. The van der Waals surface area contributed by atoms with Gasteiger partial charge in [0.2, 0.25) is 23.8 Å². The molecule has 6 rings (SSSR count). The van der Waals surface area contributed by atoms with Crippen molar-refractivity contribution in [3.8, 4) is 40.1 Å². The lowest BCUT2D eigenvalue weighted by Crippen LogP contribution is -2.61. The molecule has 3 saturated heterocycles. The summed E-state index contributed by atoms with van der Waals surface area (Å²) in [6.45, 7) is -0.0204. The average molecular weight is 773 g/mol. The van der Waals surface area contributed by atoms with Gasteiger partial charge in [-0.25, -0.2) is 0 Å². The van der Waals surface area contributed by atoms with Gasteiger partial charge in [0.25, 0.3) is 0 Å². The minimum Gasteiger partial charge on any atom is -0.507 e. The predicted molar refractivity (Wildman–Crippen MR) is 173 cm³/mol. The molecule has 0 saturated carbocycles. The first kappa shape index (κ1) is 39.8. The number of rotatable bonds is 9. The van der Waals surface area contributed by atoms with Crippen LogP contribution in [0.1, 0.15) is 6.92 Å². The molecule has 21 nitrogen and oxygen atoms in total. The number of ether oxygens (including phenoxy) is 6. The van der Waals surface area contributed by atoms with E-state index in [1.54, 1.807) is 0 Å². The SMILES string of the molecule is C[C@@H]1O[C@@H](OC[C@H]2O[C@@H](Oc3c(-c4ccc(O)c(O)c4)oc4cc(OC5O[C@H](CO)[C@@H](O)[C@H](O)[C@H]5O)cc(O)c4c3=O)[C@H](O)[C@@H](O)[C@@H]2O)[C@H](O)[C@H](O)[C@H]1O. The highest BCUT2D eigenvalue weighted by Gasteiger charge is 2.48. The van der Waals surface area contributed by atoms with Crippen molar-refractivity contribution in [3.05, 3.63) is 40.6 Å². The van der Waals surface area contributed by atoms with E-state index in [0.717, 1.165) is 24.3 Å². The van der Waals surface area contributed by atoms with E-state index in [2.05, 4.69) is 0 Å². The molecule has 1 unspecified atom stereocenters. The number of aliphatic hydroxyl groups is 10. The Hall–Kier alpha value is -3.91. The van der Waals surface area contributed by atoms with Gasteiger partial charge in [-0.1, -0.05) is 0 Å². The molecule has 298 valence electrons. The first-order chi connectivity index (χ1) is 25.5. The average Bonchev–Trinajstić information content (AvgIpc) is 3.14. The van der Waals surface area contributed by atoms with E-state index in [0.29, 0.717) is 0 Å². The fourth-order valence-electron chi connectivity index (χ4n) is 6.19. The summed E-state index contributed by atoms with van der Waals surface area (Å²) >= 11 is 0. The second kappa shape index (κ2) is 15.7. The van der Waals surface area contributed by atoms with Crippen LogP contribution >= 0.6 is 0 Å². The number of hydrogen-bond donors (Lipinski definition) is 13. The van der Waals surface area contributed by atoms with Crippen molar-refractivity contribution in [2.75, 3.05) is 13.2 Å². The van der Waals surface area contributed by atoms with Crippen molar-refractivity contribution >= 4 is 11.0 Å². The molecule has 13 N–H and O–H groups in total. The van der Waals surface area contributed by atoms with Gasteiger partial charge in [-0.2, -0.15) is 0 Å². The summed E-state index contributed by atoms with van der Waals surface area (Å²) in [4.78, 5) is 14.1. The Morgan fingerprint density at radius 2 is 1.22 bits per heavy atom. The molecule has 1 aromatic heterocycles. The molecule has 3 aliphatic rings. The highest BCUT2D eigenvalue weighted by molar-refractivity contribution is 5.88. The van der Waals surface area contributed by atoms with Gasteiger partial charge in [0, 0.05) is 17.7 Å². The van der Waals surface area contributed by atoms with Gasteiger partial charge in [0.05, 0.1) is 19.3 Å². The lowest BCUT2D eigenvalue weighted by molar-refractivity contribution is -0.318. The zero-order valence-corrected chi connectivity index (χ0v) is 28.0. The van der Waals surface area contributed by atoms with E-state index < -0.39 is 150 Å². The van der Waals surface area contributed by atoms with E-state index in [1.165, 1.54) is 13.0 Å². The van der Waals surface area contributed by atoms with Crippen molar-refractivity contribution in [1.29, 1.82) is 0 Å². The van der Waals surface area contributed by atoms with E-state index >= 15 is 0 Å². The standard InChI is InChI=1S/C33H40O21/c1-9-19(38)23(42)26(45)31(49-9)48-8-17-21(40)25(44)28(47)33(53-17)54-30-22(41)18-14(37)5-11(50-32-27(46)24(43)20(39)16(7-34)52-32)6-15(18)51-29(30)10-2-3-12(35)13(36)4-10/h2-6,9,16-17,19-21,23-28,31-40,42-47H,7-8H2,1H3/t9-,16+,17+,19-,20+,21+,23+,24-,25-,26+,27+,28+,31+,32?,33-/m0/s1. The molecule has 3 aliphatic heterocycles. The van der Waals surface area contributed by atoms with Crippen molar-refractivity contribution in [2.45, 2.75) is 99.0 Å². The van der Waals surface area contributed by atoms with Crippen molar-refractivity contribution in [2.24, 2.45) is 0 Å². The molecule has 0 bridgehead atoms. The number of phenolic OH excluding ortho intramolecular Hbond substituents is 3. The number of aromatic hydroxyl groups is 3. The maximum atomic E-state index is 14.1. The van der Waals surface area contributed by atoms with Crippen LogP contribution in [0.15, 0.2) is 39.5 Å². The molecule has 0 amide bonds. The number of phenols is 3. The van der Waals surface area contributed by atoms with E-state index in [1.807, 2.05) is 0 Å². The number of aliphatic hydroxyl groups excluding tert-OH is 10. The van der Waals surface area contributed by atoms with Crippen LogP contribution in [0.5, 0.6) is 28.7 Å². The molecule has 15 atom stereocenters. The van der Waals surface area contributed by atoms with E-state index in [-0.39, 0.29) is 11.3 Å². The number of benzene rings is 2. The third-order valence-electron chi connectivity index (χ3n) is 9.38. The predicted octanol–water partition coefficient (Wildman–Crippen LogP) is -4.21. The topological polar surface area (TPSA) is 349 Å². The Balaban J connectivity index is 1.34. The van der Waals surface area contributed by atoms with E-state index in [9.17, 15) is 71.2 Å². The molecule has 4 heterocycles. The fraction of sp³-hybridized carbons (Fsp3) is 0.545. The van der Waals surface area contributed by atoms with Crippen molar-refractivity contribution < 1.29 is 99.2 Å². The summed E-state index contributed by atoms with van der Waals surface area (Å²) in [5.74, 6) is -3.63. The van der Waals surface area contributed by atoms with Gasteiger partial charge in [0.15, 0.2) is 23.5 Å². The van der Waals surface area contributed by atoms with Gasteiger partial charge in [-0.05, 0) is 25.1 Å². The summed E-state index contributed by atoms with van der Waals surface area (Å²) in [6.07, 6.45) is -25.1. The number of fused-ring (bicyclic) bond motifs is 1. The Bertz CT molecular complexity index is 1850. The third-order valence-corrected chi connectivity index (χ3v) is 9.38. The normalized spacial score (nSPS) is 37.3. The summed E-state index contributed by atoms with van der Waals surface area (Å²) in [5.41, 5.74) is -1.66. The highest BCUT2D eigenvalue weighted by Crippen LogP contribution is 2.40. The van der Waals surface area contributed by atoms with Gasteiger partial charge in [-0.15, -0.1) is 0 Å². The van der Waals surface area contributed by atoms with Crippen LogP contribution in [-0.4, -0.2) is 172 Å². The molecule has 3 aromatic rings. The molecule has 3 fully saturated rings. The van der Waals surface area contributed by atoms with Crippen LogP contribution in [0.2, 0.25) is 0 Å². The first-order valence-electron chi connectivity index (χ1n) is 16.5. The number of hydrogen-bond acceptors (Lipinski definition) is 21. The maximum absolute atomic E-state index is 14.1. The zero-order valence-electron chi connectivity index (χ0n) is 28.0. The van der Waals surface area contributed by atoms with Crippen LogP contribution in [0.3, 0.4) is 0 Å². The minimum atomic E-state index is -2.05. The summed E-state index contributed by atoms with van der Waals surface area (Å²) in [6, 6.07) is 5.15. The molecular weight excluding hydrogens is 732 g/mol. The van der Waals surface area contributed by atoms with E-state index in [4.69, 9.17) is 32.8 Å². The smallest absolute Gasteiger partial charge is 0.239 e. The van der Waals surface area contributed by atoms with Crippen LogP contribution in [0.4, 0.5) is 0 Å². The molecule has 0 radical (unpaired) electrons. The lowest BCUT2D eigenvalue weighted by atomic mass is 9.98. The van der Waals surface area contributed by atoms with Crippen LogP contribution in [0.25, 0.3) is 22.3 Å². The molecular formula is C33H40O21. The molecule has 0 aliphatic carbocycles.